The Morgan fingerprint density at radius 2 is 2.29 bits per heavy atom. The van der Waals surface area contributed by atoms with Gasteiger partial charge in [0.2, 0.25) is 0 Å². The van der Waals surface area contributed by atoms with Gasteiger partial charge in [0.05, 0.1) is 5.69 Å². The van der Waals surface area contributed by atoms with Gasteiger partial charge in [0, 0.05) is 24.2 Å². The van der Waals surface area contributed by atoms with Crippen molar-refractivity contribution in [3.05, 3.63) is 23.8 Å². The molecule has 21 heavy (non-hydrogen) atoms. The average molecular weight is 289 g/mol. The molecule has 2 amide bonds. The first-order valence-corrected chi connectivity index (χ1v) is 7.18. The van der Waals surface area contributed by atoms with Gasteiger partial charge in [-0.1, -0.05) is 0 Å². The van der Waals surface area contributed by atoms with Crippen LogP contribution in [-0.2, 0) is 4.79 Å². The van der Waals surface area contributed by atoms with Crippen LogP contribution in [0.1, 0.15) is 30.1 Å². The number of amides is 2. The Kier molecular flexibility index (Phi) is 3.55. The number of fused-ring (bicyclic) bond motifs is 1. The number of hydrogen-bond donors (Lipinski definition) is 2. The van der Waals surface area contributed by atoms with E-state index in [-0.39, 0.29) is 30.5 Å². The fourth-order valence-corrected chi connectivity index (χ4v) is 2.88. The predicted molar refractivity (Wildman–Crippen MR) is 78.3 cm³/mol. The quantitative estimate of drug-likeness (QED) is 0.806. The Morgan fingerprint density at radius 1 is 1.48 bits per heavy atom. The second-order valence-corrected chi connectivity index (χ2v) is 5.68. The zero-order valence-corrected chi connectivity index (χ0v) is 12.0. The van der Waals surface area contributed by atoms with E-state index < -0.39 is 0 Å². The van der Waals surface area contributed by atoms with Crippen molar-refractivity contribution in [1.82, 2.24) is 4.90 Å². The van der Waals surface area contributed by atoms with Crippen molar-refractivity contribution in [2.45, 2.75) is 31.8 Å². The standard InChI is InChI=1S/C15H19N3O3/c1-9-6-11(16)4-5-18(9)15(20)10-2-3-12-13(7-10)21-8-14(19)17-12/h2-3,7,9,11H,4-6,8,16H2,1H3,(H,17,19)/t9-,11+/m0/s1. The number of anilines is 1. The molecule has 2 aliphatic heterocycles. The van der Waals surface area contributed by atoms with E-state index in [1.165, 1.54) is 0 Å². The Bertz CT molecular complexity index is 588. The monoisotopic (exact) mass is 289 g/mol. The normalized spacial score (nSPS) is 24.9. The first kappa shape index (κ1) is 13.9. The predicted octanol–water partition coefficient (Wildman–Crippen LogP) is 0.969. The molecule has 1 saturated heterocycles. The maximum absolute atomic E-state index is 12.6. The van der Waals surface area contributed by atoms with E-state index in [1.54, 1.807) is 18.2 Å². The Labute approximate surface area is 123 Å². The smallest absolute Gasteiger partial charge is 0.262 e. The molecule has 0 aromatic heterocycles. The molecule has 3 rings (SSSR count). The molecule has 1 fully saturated rings. The molecule has 2 atom stereocenters. The molecule has 1 aromatic carbocycles. The number of nitrogens with zero attached hydrogens (tertiary/aromatic N) is 1. The van der Waals surface area contributed by atoms with Gasteiger partial charge in [0.15, 0.2) is 6.61 Å². The van der Waals surface area contributed by atoms with Crippen molar-refractivity contribution in [3.8, 4) is 5.75 Å². The summed E-state index contributed by atoms with van der Waals surface area (Å²) in [6.07, 6.45) is 1.65. The van der Waals surface area contributed by atoms with E-state index in [0.717, 1.165) is 12.8 Å². The van der Waals surface area contributed by atoms with Crippen molar-refractivity contribution in [1.29, 1.82) is 0 Å². The zero-order valence-electron chi connectivity index (χ0n) is 12.0. The third kappa shape index (κ3) is 2.71. The fourth-order valence-electron chi connectivity index (χ4n) is 2.88. The molecule has 0 aliphatic carbocycles. The molecule has 6 nitrogen and oxygen atoms in total. The molecule has 6 heteroatoms. The topological polar surface area (TPSA) is 84.7 Å². The van der Waals surface area contributed by atoms with Crippen LogP contribution in [0, 0.1) is 0 Å². The van der Waals surface area contributed by atoms with Crippen LogP contribution >= 0.6 is 0 Å². The number of ether oxygens (including phenoxy) is 1. The summed E-state index contributed by atoms with van der Waals surface area (Å²) in [5, 5.41) is 2.71. The van der Waals surface area contributed by atoms with E-state index in [2.05, 4.69) is 5.32 Å². The molecule has 2 aliphatic rings. The summed E-state index contributed by atoms with van der Waals surface area (Å²) in [6, 6.07) is 5.43. The van der Waals surface area contributed by atoms with E-state index >= 15 is 0 Å². The molecule has 112 valence electrons. The van der Waals surface area contributed by atoms with Crippen molar-refractivity contribution >= 4 is 17.5 Å². The summed E-state index contributed by atoms with van der Waals surface area (Å²) in [4.78, 5) is 25.7. The number of piperidine rings is 1. The van der Waals surface area contributed by atoms with Gasteiger partial charge >= 0.3 is 0 Å². The minimum atomic E-state index is -0.180. The number of carbonyl (C=O) groups excluding carboxylic acids is 2. The van der Waals surface area contributed by atoms with Crippen LogP contribution in [0.4, 0.5) is 5.69 Å². The summed E-state index contributed by atoms with van der Waals surface area (Å²) in [6.45, 7) is 2.68. The molecular weight excluding hydrogens is 270 g/mol. The molecule has 3 N–H and O–H groups in total. The molecule has 0 radical (unpaired) electrons. The summed E-state index contributed by atoms with van der Waals surface area (Å²) < 4.78 is 5.35. The lowest BCUT2D eigenvalue weighted by atomic mass is 9.98. The summed E-state index contributed by atoms with van der Waals surface area (Å²) in [7, 11) is 0. The highest BCUT2D eigenvalue weighted by molar-refractivity contribution is 5.99. The van der Waals surface area contributed by atoms with Gasteiger partial charge in [-0.05, 0) is 38.0 Å². The molecule has 0 spiro atoms. The largest absolute Gasteiger partial charge is 0.482 e. The number of carbonyl (C=O) groups is 2. The van der Waals surface area contributed by atoms with Crippen LogP contribution in [0.15, 0.2) is 18.2 Å². The van der Waals surface area contributed by atoms with Crippen molar-refractivity contribution in [3.63, 3.8) is 0 Å². The van der Waals surface area contributed by atoms with Gasteiger partial charge in [-0.25, -0.2) is 0 Å². The van der Waals surface area contributed by atoms with Crippen molar-refractivity contribution in [2.75, 3.05) is 18.5 Å². The summed E-state index contributed by atoms with van der Waals surface area (Å²) >= 11 is 0. The first-order valence-electron chi connectivity index (χ1n) is 7.18. The number of benzene rings is 1. The number of rotatable bonds is 1. The highest BCUT2D eigenvalue weighted by Gasteiger charge is 2.28. The molecule has 2 heterocycles. The second kappa shape index (κ2) is 5.37. The Balaban J connectivity index is 1.80. The van der Waals surface area contributed by atoms with E-state index in [9.17, 15) is 9.59 Å². The van der Waals surface area contributed by atoms with E-state index in [0.29, 0.717) is 23.5 Å². The fraction of sp³-hybridized carbons (Fsp3) is 0.467. The van der Waals surface area contributed by atoms with E-state index in [1.807, 2.05) is 11.8 Å². The van der Waals surface area contributed by atoms with Gasteiger partial charge < -0.3 is 20.7 Å². The van der Waals surface area contributed by atoms with Crippen LogP contribution in [0.3, 0.4) is 0 Å². The van der Waals surface area contributed by atoms with Crippen LogP contribution in [-0.4, -0.2) is 41.9 Å². The molecular formula is C15H19N3O3. The lowest BCUT2D eigenvalue weighted by Crippen LogP contribution is -2.48. The van der Waals surface area contributed by atoms with E-state index in [4.69, 9.17) is 10.5 Å². The van der Waals surface area contributed by atoms with Gasteiger partial charge in [-0.3, -0.25) is 9.59 Å². The molecule has 1 aromatic rings. The van der Waals surface area contributed by atoms with Crippen LogP contribution in [0.25, 0.3) is 0 Å². The maximum atomic E-state index is 12.6. The lowest BCUT2D eigenvalue weighted by Gasteiger charge is -2.36. The third-order valence-electron chi connectivity index (χ3n) is 4.04. The summed E-state index contributed by atoms with van der Waals surface area (Å²) in [5.74, 6) is 0.347. The van der Waals surface area contributed by atoms with Gasteiger partial charge in [0.1, 0.15) is 5.75 Å². The van der Waals surface area contributed by atoms with Crippen molar-refractivity contribution < 1.29 is 14.3 Å². The van der Waals surface area contributed by atoms with Gasteiger partial charge in [-0.15, -0.1) is 0 Å². The molecule has 0 saturated carbocycles. The minimum absolute atomic E-state index is 0.0143. The first-order chi connectivity index (χ1) is 10.0. The number of hydrogen-bond acceptors (Lipinski definition) is 4. The third-order valence-corrected chi connectivity index (χ3v) is 4.04. The van der Waals surface area contributed by atoms with Crippen molar-refractivity contribution in [2.24, 2.45) is 5.73 Å². The highest BCUT2D eigenvalue weighted by Crippen LogP contribution is 2.29. The Morgan fingerprint density at radius 3 is 3.05 bits per heavy atom. The zero-order chi connectivity index (χ0) is 15.0. The number of nitrogens with two attached hydrogens (primary N) is 1. The van der Waals surface area contributed by atoms with Crippen LogP contribution in [0.2, 0.25) is 0 Å². The lowest BCUT2D eigenvalue weighted by molar-refractivity contribution is -0.118. The second-order valence-electron chi connectivity index (χ2n) is 5.68. The van der Waals surface area contributed by atoms with Gasteiger partial charge in [0.25, 0.3) is 11.8 Å². The number of likely N-dealkylation sites (tertiary alicyclic amines) is 1. The van der Waals surface area contributed by atoms with Crippen LogP contribution < -0.4 is 15.8 Å². The Hall–Kier alpha value is -2.08. The maximum Gasteiger partial charge on any atom is 0.262 e. The molecule has 0 unspecified atom stereocenters. The SMILES string of the molecule is C[C@H]1C[C@H](N)CCN1C(=O)c1ccc2c(c1)OCC(=O)N2. The average Bonchev–Trinajstić information content (AvgIpc) is 2.46. The van der Waals surface area contributed by atoms with Crippen LogP contribution in [0.5, 0.6) is 5.75 Å². The molecule has 0 bridgehead atoms. The van der Waals surface area contributed by atoms with Gasteiger partial charge in [-0.2, -0.15) is 0 Å². The minimum Gasteiger partial charge on any atom is -0.482 e. The highest BCUT2D eigenvalue weighted by atomic mass is 16.5. The number of nitrogens with one attached hydrogen (secondary N) is 1. The summed E-state index contributed by atoms with van der Waals surface area (Å²) in [5.41, 5.74) is 7.12.